The lowest BCUT2D eigenvalue weighted by molar-refractivity contribution is 0.0943. The quantitative estimate of drug-likeness (QED) is 0.684. The van der Waals surface area contributed by atoms with Crippen LogP contribution >= 0.6 is 0 Å². The Balaban J connectivity index is 1.49. The van der Waals surface area contributed by atoms with E-state index in [1.807, 2.05) is 28.8 Å². The fraction of sp³-hybridized carbons (Fsp3) is 0.435. The molecule has 4 heterocycles. The lowest BCUT2D eigenvalue weighted by Crippen LogP contribution is -2.32. The molecule has 0 aliphatic carbocycles. The molecule has 2 N–H and O–H groups in total. The van der Waals surface area contributed by atoms with Crippen molar-refractivity contribution in [2.24, 2.45) is 5.92 Å². The van der Waals surface area contributed by atoms with Gasteiger partial charge in [-0.05, 0) is 44.7 Å². The van der Waals surface area contributed by atoms with Gasteiger partial charge in [-0.15, -0.1) is 0 Å². The molecule has 2 aliphatic heterocycles. The molecule has 2 aliphatic rings. The molecular weight excluding hydrogens is 376 g/mol. The highest BCUT2D eigenvalue weighted by Gasteiger charge is 2.21. The zero-order valence-electron chi connectivity index (χ0n) is 17.2. The van der Waals surface area contributed by atoms with E-state index in [2.05, 4.69) is 38.8 Å². The van der Waals surface area contributed by atoms with Gasteiger partial charge in [0.05, 0.1) is 5.69 Å². The Morgan fingerprint density at radius 3 is 2.73 bits per heavy atom. The fourth-order valence-electron chi connectivity index (χ4n) is 4.39. The van der Waals surface area contributed by atoms with Gasteiger partial charge >= 0.3 is 0 Å². The van der Waals surface area contributed by atoms with E-state index in [-0.39, 0.29) is 5.91 Å². The monoisotopic (exact) mass is 404 g/mol. The average Bonchev–Trinajstić information content (AvgIpc) is 3.48. The highest BCUT2D eigenvalue weighted by molar-refractivity contribution is 5.93. The van der Waals surface area contributed by atoms with Crippen LogP contribution in [0, 0.1) is 5.92 Å². The largest absolute Gasteiger partial charge is 0.356 e. The summed E-state index contributed by atoms with van der Waals surface area (Å²) in [6, 6.07) is 14.1. The summed E-state index contributed by atoms with van der Waals surface area (Å²) in [6.45, 7) is 4.68. The minimum Gasteiger partial charge on any atom is -0.356 e. The number of rotatable bonds is 5. The highest BCUT2D eigenvalue weighted by atomic mass is 16.1. The summed E-state index contributed by atoms with van der Waals surface area (Å²) in [6.07, 6.45) is 4.72. The SMILES string of the molecule is O=C(NCC1CCNC1)c1cc2nc(-c3ccccc3)cc(N3CCCCC3)n2n1. The van der Waals surface area contributed by atoms with Crippen molar-refractivity contribution in [1.29, 1.82) is 0 Å². The molecule has 0 spiro atoms. The average molecular weight is 405 g/mol. The Morgan fingerprint density at radius 1 is 1.13 bits per heavy atom. The topological polar surface area (TPSA) is 74.6 Å². The first-order valence-corrected chi connectivity index (χ1v) is 11.0. The number of amides is 1. The number of piperidine rings is 1. The first kappa shape index (κ1) is 19.1. The van der Waals surface area contributed by atoms with Gasteiger partial charge in [-0.2, -0.15) is 9.61 Å². The number of carbonyl (C=O) groups excluding carboxylic acids is 1. The molecule has 156 valence electrons. The van der Waals surface area contributed by atoms with Crippen molar-refractivity contribution in [2.75, 3.05) is 37.6 Å². The molecule has 0 saturated carbocycles. The number of benzene rings is 1. The lowest BCUT2D eigenvalue weighted by atomic mass is 10.1. The molecule has 0 bridgehead atoms. The summed E-state index contributed by atoms with van der Waals surface area (Å²) in [7, 11) is 0. The number of nitrogens with one attached hydrogen (secondary N) is 2. The molecule has 1 amide bonds. The van der Waals surface area contributed by atoms with Crippen LogP contribution in [0.5, 0.6) is 0 Å². The molecule has 3 aromatic rings. The number of carbonyl (C=O) groups is 1. The van der Waals surface area contributed by atoms with E-state index in [1.54, 1.807) is 0 Å². The smallest absolute Gasteiger partial charge is 0.271 e. The fourth-order valence-corrected chi connectivity index (χ4v) is 4.39. The van der Waals surface area contributed by atoms with Gasteiger partial charge in [0.2, 0.25) is 0 Å². The maximum atomic E-state index is 12.8. The molecule has 2 saturated heterocycles. The minimum absolute atomic E-state index is 0.127. The maximum absolute atomic E-state index is 12.8. The van der Waals surface area contributed by atoms with E-state index >= 15 is 0 Å². The van der Waals surface area contributed by atoms with Crippen LogP contribution in [0.25, 0.3) is 16.9 Å². The van der Waals surface area contributed by atoms with Gasteiger partial charge in [0.25, 0.3) is 5.91 Å². The first-order valence-electron chi connectivity index (χ1n) is 11.0. The van der Waals surface area contributed by atoms with Crippen molar-refractivity contribution in [3.05, 3.63) is 48.2 Å². The third kappa shape index (κ3) is 3.89. The molecule has 2 aromatic heterocycles. The Morgan fingerprint density at radius 2 is 1.97 bits per heavy atom. The van der Waals surface area contributed by atoms with Gasteiger partial charge in [0.15, 0.2) is 11.3 Å². The van der Waals surface area contributed by atoms with Crippen LogP contribution < -0.4 is 15.5 Å². The first-order chi connectivity index (χ1) is 14.8. The van der Waals surface area contributed by atoms with Gasteiger partial charge in [-0.3, -0.25) is 4.79 Å². The van der Waals surface area contributed by atoms with Crippen molar-refractivity contribution in [1.82, 2.24) is 25.2 Å². The van der Waals surface area contributed by atoms with Gasteiger partial charge in [-0.1, -0.05) is 30.3 Å². The highest BCUT2D eigenvalue weighted by Crippen LogP contribution is 2.27. The number of nitrogens with zero attached hydrogens (tertiary/aromatic N) is 4. The van der Waals surface area contributed by atoms with E-state index in [1.165, 1.54) is 19.3 Å². The normalized spacial score (nSPS) is 19.3. The van der Waals surface area contributed by atoms with Crippen LogP contribution in [0.1, 0.15) is 36.2 Å². The second-order valence-electron chi connectivity index (χ2n) is 8.28. The Kier molecular flexibility index (Phi) is 5.36. The molecule has 1 atom stereocenters. The van der Waals surface area contributed by atoms with Gasteiger partial charge in [0, 0.05) is 37.3 Å². The van der Waals surface area contributed by atoms with E-state index in [9.17, 15) is 4.79 Å². The summed E-state index contributed by atoms with van der Waals surface area (Å²) >= 11 is 0. The second kappa shape index (κ2) is 8.44. The van der Waals surface area contributed by atoms with E-state index < -0.39 is 0 Å². The number of hydrogen-bond donors (Lipinski definition) is 2. The lowest BCUT2D eigenvalue weighted by Gasteiger charge is -2.29. The maximum Gasteiger partial charge on any atom is 0.271 e. The molecule has 30 heavy (non-hydrogen) atoms. The van der Waals surface area contributed by atoms with Crippen LogP contribution in [0.3, 0.4) is 0 Å². The summed E-state index contributed by atoms with van der Waals surface area (Å²) in [5.74, 6) is 1.38. The second-order valence-corrected chi connectivity index (χ2v) is 8.28. The molecule has 1 aromatic carbocycles. The van der Waals surface area contributed by atoms with Crippen molar-refractivity contribution < 1.29 is 4.79 Å². The summed E-state index contributed by atoms with van der Waals surface area (Å²) in [4.78, 5) is 20.0. The number of anilines is 1. The number of aromatic nitrogens is 3. The molecule has 7 heteroatoms. The zero-order valence-corrected chi connectivity index (χ0v) is 17.2. The van der Waals surface area contributed by atoms with Crippen molar-refractivity contribution in [2.45, 2.75) is 25.7 Å². The number of fused-ring (bicyclic) bond motifs is 1. The molecule has 7 nitrogen and oxygen atoms in total. The van der Waals surface area contributed by atoms with Crippen LogP contribution in [-0.2, 0) is 0 Å². The van der Waals surface area contributed by atoms with Crippen molar-refractivity contribution in [3.8, 4) is 11.3 Å². The number of hydrogen-bond acceptors (Lipinski definition) is 5. The van der Waals surface area contributed by atoms with Crippen molar-refractivity contribution in [3.63, 3.8) is 0 Å². The Labute approximate surface area is 176 Å². The van der Waals surface area contributed by atoms with Gasteiger partial charge < -0.3 is 15.5 Å². The third-order valence-corrected chi connectivity index (χ3v) is 6.10. The van der Waals surface area contributed by atoms with Crippen LogP contribution in [0.15, 0.2) is 42.5 Å². The standard InChI is InChI=1S/C23H28N6O/c30-23(25-16-17-9-10-24-15-17)20-13-21-26-19(18-7-3-1-4-8-18)14-22(29(21)27-20)28-11-5-2-6-12-28/h1,3-4,7-8,13-14,17,24H,2,5-6,9-12,15-16H2,(H,25,30). The van der Waals surface area contributed by atoms with E-state index in [4.69, 9.17) is 4.98 Å². The summed E-state index contributed by atoms with van der Waals surface area (Å²) in [5.41, 5.74) is 3.12. The summed E-state index contributed by atoms with van der Waals surface area (Å²) < 4.78 is 1.84. The minimum atomic E-state index is -0.127. The van der Waals surface area contributed by atoms with Crippen LogP contribution in [-0.4, -0.2) is 53.2 Å². The molecule has 5 rings (SSSR count). The molecule has 1 unspecified atom stereocenters. The van der Waals surface area contributed by atoms with E-state index in [0.29, 0.717) is 23.8 Å². The van der Waals surface area contributed by atoms with Crippen molar-refractivity contribution >= 4 is 17.4 Å². The van der Waals surface area contributed by atoms with E-state index in [0.717, 1.165) is 49.7 Å². The van der Waals surface area contributed by atoms with Crippen LogP contribution in [0.4, 0.5) is 5.82 Å². The predicted molar refractivity (Wildman–Crippen MR) is 118 cm³/mol. The Hall–Kier alpha value is -2.93. The van der Waals surface area contributed by atoms with Crippen LogP contribution in [0.2, 0.25) is 0 Å². The Bertz CT molecular complexity index is 1020. The van der Waals surface area contributed by atoms with Gasteiger partial charge in [-0.25, -0.2) is 4.98 Å². The molecule has 0 radical (unpaired) electrons. The molecule has 2 fully saturated rings. The molecular formula is C23H28N6O. The predicted octanol–water partition coefficient (Wildman–Crippen LogP) is 2.73. The summed E-state index contributed by atoms with van der Waals surface area (Å²) in [5, 5.41) is 11.0. The van der Waals surface area contributed by atoms with Gasteiger partial charge in [0.1, 0.15) is 5.82 Å². The third-order valence-electron chi connectivity index (χ3n) is 6.10. The zero-order chi connectivity index (χ0) is 20.3.